The van der Waals surface area contributed by atoms with Crippen LogP contribution in [0.25, 0.3) is 0 Å². The minimum absolute atomic E-state index is 0.267. The molecule has 0 heterocycles. The van der Waals surface area contributed by atoms with Crippen molar-refractivity contribution in [2.45, 2.75) is 12.5 Å². The summed E-state index contributed by atoms with van der Waals surface area (Å²) in [4.78, 5) is 11.0. The molecule has 0 fully saturated rings. The number of hydrogen-bond donors (Lipinski definition) is 1. The molecule has 0 aromatic rings. The van der Waals surface area contributed by atoms with Crippen molar-refractivity contribution >= 4 is 5.97 Å². The average Bonchev–Trinajstić information content (AvgIpc) is 2.11. The van der Waals surface area contributed by atoms with E-state index in [0.29, 0.717) is 13.0 Å². The minimum atomic E-state index is -0.300. The van der Waals surface area contributed by atoms with E-state index in [1.165, 1.54) is 7.11 Å². The van der Waals surface area contributed by atoms with Gasteiger partial charge < -0.3 is 10.1 Å². The summed E-state index contributed by atoms with van der Waals surface area (Å²) in [5, 5.41) is 2.96. The number of carbonyl (C=O) groups excluding carboxylic acids is 1. The molecule has 1 atom stereocenters. The predicted octanol–water partition coefficient (Wildman–Crippen LogP) is 0.880. The summed E-state index contributed by atoms with van der Waals surface area (Å²) in [7, 11) is 1.37. The molecule has 0 saturated heterocycles. The third kappa shape index (κ3) is 3.93. The van der Waals surface area contributed by atoms with Crippen LogP contribution in [-0.4, -0.2) is 25.7 Å². The van der Waals surface area contributed by atoms with Gasteiger partial charge in [0.1, 0.15) is 6.04 Å². The predicted molar refractivity (Wildman–Crippen MR) is 48.8 cm³/mol. The monoisotopic (exact) mass is 169 g/mol. The van der Waals surface area contributed by atoms with Gasteiger partial charge in [0.2, 0.25) is 0 Å². The van der Waals surface area contributed by atoms with Crippen molar-refractivity contribution in [1.82, 2.24) is 5.32 Å². The number of methoxy groups -OCH3 is 1. The zero-order valence-electron chi connectivity index (χ0n) is 7.38. The first-order valence-electron chi connectivity index (χ1n) is 3.79. The molecule has 3 nitrogen and oxygen atoms in total. The summed E-state index contributed by atoms with van der Waals surface area (Å²) in [5.41, 5.74) is 0. The summed E-state index contributed by atoms with van der Waals surface area (Å²) in [6.45, 7) is 7.68. The van der Waals surface area contributed by atoms with Crippen molar-refractivity contribution in [1.29, 1.82) is 0 Å². The number of hydrogen-bond acceptors (Lipinski definition) is 3. The Morgan fingerprint density at radius 1 is 1.58 bits per heavy atom. The van der Waals surface area contributed by atoms with Crippen LogP contribution in [0.15, 0.2) is 25.3 Å². The van der Waals surface area contributed by atoms with Crippen molar-refractivity contribution in [2.24, 2.45) is 0 Å². The van der Waals surface area contributed by atoms with Gasteiger partial charge in [-0.15, -0.1) is 13.2 Å². The Morgan fingerprint density at radius 2 is 2.25 bits per heavy atom. The molecule has 3 heteroatoms. The highest BCUT2D eigenvalue weighted by atomic mass is 16.5. The van der Waals surface area contributed by atoms with Gasteiger partial charge in [-0.25, -0.2) is 0 Å². The molecule has 0 rings (SSSR count). The number of ether oxygens (including phenoxy) is 1. The molecule has 0 saturated carbocycles. The second-order valence-electron chi connectivity index (χ2n) is 2.30. The van der Waals surface area contributed by atoms with Crippen LogP contribution in [0.4, 0.5) is 0 Å². The van der Waals surface area contributed by atoms with Gasteiger partial charge in [0, 0.05) is 6.54 Å². The maximum absolute atomic E-state index is 11.0. The van der Waals surface area contributed by atoms with E-state index in [-0.39, 0.29) is 12.0 Å². The van der Waals surface area contributed by atoms with E-state index in [4.69, 9.17) is 0 Å². The smallest absolute Gasteiger partial charge is 0.323 e. The summed E-state index contributed by atoms with van der Waals surface area (Å²) >= 11 is 0. The SMILES string of the molecule is C=CCN[C@H](CC=C)C(=O)OC. The molecule has 0 unspecified atom stereocenters. The largest absolute Gasteiger partial charge is 0.468 e. The van der Waals surface area contributed by atoms with Gasteiger partial charge in [-0.1, -0.05) is 12.2 Å². The van der Waals surface area contributed by atoms with E-state index in [0.717, 1.165) is 0 Å². The molecule has 0 bridgehead atoms. The highest BCUT2D eigenvalue weighted by molar-refractivity contribution is 5.75. The van der Waals surface area contributed by atoms with Gasteiger partial charge in [-0.3, -0.25) is 4.79 Å². The van der Waals surface area contributed by atoms with Gasteiger partial charge in [-0.2, -0.15) is 0 Å². The first kappa shape index (κ1) is 10.9. The van der Waals surface area contributed by atoms with E-state index in [2.05, 4.69) is 23.2 Å². The van der Waals surface area contributed by atoms with Crippen molar-refractivity contribution in [3.05, 3.63) is 25.3 Å². The normalized spacial score (nSPS) is 11.8. The Kier molecular flexibility index (Phi) is 6.01. The quantitative estimate of drug-likeness (QED) is 0.474. The molecule has 0 aromatic heterocycles. The van der Waals surface area contributed by atoms with Crippen molar-refractivity contribution in [3.8, 4) is 0 Å². The lowest BCUT2D eigenvalue weighted by atomic mass is 10.2. The van der Waals surface area contributed by atoms with E-state index in [1.807, 2.05) is 0 Å². The van der Waals surface area contributed by atoms with Crippen LogP contribution in [-0.2, 0) is 9.53 Å². The molecule has 1 N–H and O–H groups in total. The molecule has 68 valence electrons. The molecule has 0 aliphatic carbocycles. The Labute approximate surface area is 73.1 Å². The van der Waals surface area contributed by atoms with Crippen LogP contribution in [0.1, 0.15) is 6.42 Å². The zero-order chi connectivity index (χ0) is 9.40. The van der Waals surface area contributed by atoms with Gasteiger partial charge >= 0.3 is 5.97 Å². The lowest BCUT2D eigenvalue weighted by Gasteiger charge is -2.12. The number of esters is 1. The second-order valence-corrected chi connectivity index (χ2v) is 2.30. The first-order valence-corrected chi connectivity index (χ1v) is 3.79. The fourth-order valence-corrected chi connectivity index (χ4v) is 0.797. The average molecular weight is 169 g/mol. The second kappa shape index (κ2) is 6.61. The maximum atomic E-state index is 11.0. The highest BCUT2D eigenvalue weighted by Gasteiger charge is 2.15. The van der Waals surface area contributed by atoms with Gasteiger partial charge in [-0.05, 0) is 6.42 Å². The first-order chi connectivity index (χ1) is 5.76. The lowest BCUT2D eigenvalue weighted by molar-refractivity contribution is -0.142. The van der Waals surface area contributed by atoms with Gasteiger partial charge in [0.15, 0.2) is 0 Å². The van der Waals surface area contributed by atoms with Gasteiger partial charge in [0.25, 0.3) is 0 Å². The molecule has 0 aliphatic rings. The topological polar surface area (TPSA) is 38.3 Å². The standard InChI is InChI=1S/C9H15NO2/c1-4-6-8(9(11)12-3)10-7-5-2/h4-5,8,10H,1-2,6-7H2,3H3/t8-/m1/s1. The van der Waals surface area contributed by atoms with Crippen LogP contribution in [0.5, 0.6) is 0 Å². The molecule has 0 spiro atoms. The van der Waals surface area contributed by atoms with E-state index >= 15 is 0 Å². The number of carbonyl (C=O) groups is 1. The summed E-state index contributed by atoms with van der Waals surface area (Å²) in [6.07, 6.45) is 3.94. The minimum Gasteiger partial charge on any atom is -0.468 e. The third-order valence-corrected chi connectivity index (χ3v) is 1.40. The van der Waals surface area contributed by atoms with Crippen molar-refractivity contribution < 1.29 is 9.53 Å². The van der Waals surface area contributed by atoms with Crippen LogP contribution < -0.4 is 5.32 Å². The Balaban J connectivity index is 3.92. The van der Waals surface area contributed by atoms with Gasteiger partial charge in [0.05, 0.1) is 7.11 Å². The van der Waals surface area contributed by atoms with E-state index in [9.17, 15) is 4.79 Å². The molecular formula is C9H15NO2. The number of nitrogens with one attached hydrogen (secondary N) is 1. The molecule has 0 amide bonds. The molecular weight excluding hydrogens is 154 g/mol. The fourth-order valence-electron chi connectivity index (χ4n) is 0.797. The summed E-state index contributed by atoms with van der Waals surface area (Å²) < 4.78 is 4.58. The molecule has 12 heavy (non-hydrogen) atoms. The van der Waals surface area contributed by atoms with Crippen LogP contribution >= 0.6 is 0 Å². The number of rotatable bonds is 6. The Hall–Kier alpha value is -1.09. The van der Waals surface area contributed by atoms with E-state index < -0.39 is 0 Å². The van der Waals surface area contributed by atoms with E-state index in [1.54, 1.807) is 12.2 Å². The van der Waals surface area contributed by atoms with Crippen molar-refractivity contribution in [3.63, 3.8) is 0 Å². The third-order valence-electron chi connectivity index (χ3n) is 1.40. The van der Waals surface area contributed by atoms with Crippen molar-refractivity contribution in [2.75, 3.05) is 13.7 Å². The lowest BCUT2D eigenvalue weighted by Crippen LogP contribution is -2.37. The maximum Gasteiger partial charge on any atom is 0.323 e. The molecule has 0 radical (unpaired) electrons. The Bertz CT molecular complexity index is 166. The molecule has 0 aliphatic heterocycles. The summed E-state index contributed by atoms with van der Waals surface area (Å²) in [5.74, 6) is -0.267. The highest BCUT2D eigenvalue weighted by Crippen LogP contribution is 1.94. The molecule has 0 aromatic carbocycles. The van der Waals surface area contributed by atoms with Crippen LogP contribution in [0, 0.1) is 0 Å². The Morgan fingerprint density at radius 3 is 2.67 bits per heavy atom. The summed E-state index contributed by atoms with van der Waals surface area (Å²) in [6, 6.07) is -0.300. The zero-order valence-corrected chi connectivity index (χ0v) is 7.38. The van der Waals surface area contributed by atoms with Crippen LogP contribution in [0.2, 0.25) is 0 Å². The fraction of sp³-hybridized carbons (Fsp3) is 0.444. The van der Waals surface area contributed by atoms with Crippen LogP contribution in [0.3, 0.4) is 0 Å².